The molecule has 2 heterocycles. The summed E-state index contributed by atoms with van der Waals surface area (Å²) in [5.74, 6) is 0.0168. The number of amides is 1. The number of hydrogen-bond donors (Lipinski definition) is 1. The van der Waals surface area contributed by atoms with Crippen LogP contribution in [0.5, 0.6) is 0 Å². The number of likely N-dealkylation sites (tertiary alicyclic amines) is 1. The molecule has 1 atom stereocenters. The molecule has 1 saturated heterocycles. The van der Waals surface area contributed by atoms with Crippen molar-refractivity contribution in [3.63, 3.8) is 0 Å². The highest BCUT2D eigenvalue weighted by atomic mass is 32.1. The molecule has 2 rings (SSSR count). The molecule has 0 bridgehead atoms. The lowest BCUT2D eigenvalue weighted by molar-refractivity contribution is -0.128. The van der Waals surface area contributed by atoms with Crippen LogP contribution in [0.1, 0.15) is 17.1 Å². The van der Waals surface area contributed by atoms with Gasteiger partial charge in [0.1, 0.15) is 0 Å². The minimum absolute atomic E-state index is 0.0168. The number of aromatic nitrogens is 1. The summed E-state index contributed by atoms with van der Waals surface area (Å²) in [5.41, 5.74) is 0.912. The van der Waals surface area contributed by atoms with Gasteiger partial charge in [0, 0.05) is 11.9 Å². The highest BCUT2D eigenvalue weighted by Gasteiger charge is 2.28. The third kappa shape index (κ3) is 1.93. The zero-order valence-electron chi connectivity index (χ0n) is 7.93. The Hall–Kier alpha value is -0.940. The van der Waals surface area contributed by atoms with E-state index in [-0.39, 0.29) is 12.3 Å². The zero-order valence-corrected chi connectivity index (χ0v) is 8.75. The molecule has 1 amide bonds. The van der Waals surface area contributed by atoms with Crippen LogP contribution in [0.4, 0.5) is 0 Å². The lowest BCUT2D eigenvalue weighted by Crippen LogP contribution is -2.25. The lowest BCUT2D eigenvalue weighted by Gasteiger charge is -2.13. The number of aliphatic hydroxyl groups excluding tert-OH is 1. The van der Waals surface area contributed by atoms with E-state index in [1.807, 2.05) is 12.3 Å². The fourth-order valence-electron chi connectivity index (χ4n) is 1.58. The molecule has 5 heteroatoms. The first kappa shape index (κ1) is 9.61. The van der Waals surface area contributed by atoms with Gasteiger partial charge in [-0.2, -0.15) is 0 Å². The van der Waals surface area contributed by atoms with Gasteiger partial charge in [0.2, 0.25) is 5.91 Å². The number of thiazole rings is 1. The van der Waals surface area contributed by atoms with Gasteiger partial charge in [0.25, 0.3) is 0 Å². The van der Waals surface area contributed by atoms with Crippen LogP contribution in [-0.4, -0.2) is 33.5 Å². The molecule has 1 N–H and O–H groups in total. The van der Waals surface area contributed by atoms with Crippen LogP contribution < -0.4 is 0 Å². The molecule has 1 aliphatic rings. The number of carbonyl (C=O) groups excluding carboxylic acids is 1. The number of aryl methyl sites for hydroxylation is 1. The fraction of sp³-hybridized carbons (Fsp3) is 0.556. The van der Waals surface area contributed by atoms with Gasteiger partial charge in [-0.25, -0.2) is 4.98 Å². The summed E-state index contributed by atoms with van der Waals surface area (Å²) in [4.78, 5) is 17.3. The standard InChI is InChI=1S/C9H12N2O2S/c1-6-10-7(5-14-6)3-11-4-8(12)2-9(11)13/h5,8,12H,2-4H2,1H3. The molecule has 0 aliphatic carbocycles. The second-order valence-electron chi connectivity index (χ2n) is 3.49. The molecule has 0 radical (unpaired) electrons. The van der Waals surface area contributed by atoms with E-state index in [1.54, 1.807) is 16.2 Å². The number of aliphatic hydroxyl groups is 1. The van der Waals surface area contributed by atoms with E-state index in [2.05, 4.69) is 4.98 Å². The smallest absolute Gasteiger partial charge is 0.225 e. The van der Waals surface area contributed by atoms with Crippen molar-refractivity contribution in [2.45, 2.75) is 26.0 Å². The molecule has 1 fully saturated rings. The zero-order chi connectivity index (χ0) is 10.1. The third-order valence-electron chi connectivity index (χ3n) is 2.21. The second-order valence-corrected chi connectivity index (χ2v) is 4.55. The maximum Gasteiger partial charge on any atom is 0.225 e. The second kappa shape index (κ2) is 3.67. The molecular formula is C9H12N2O2S. The average Bonchev–Trinajstić information content (AvgIpc) is 2.61. The quantitative estimate of drug-likeness (QED) is 0.778. The molecule has 1 unspecified atom stereocenters. The Morgan fingerprint density at radius 3 is 3.07 bits per heavy atom. The SMILES string of the molecule is Cc1nc(CN2CC(O)CC2=O)cs1. The van der Waals surface area contributed by atoms with E-state index in [0.717, 1.165) is 10.7 Å². The highest BCUT2D eigenvalue weighted by molar-refractivity contribution is 7.09. The van der Waals surface area contributed by atoms with E-state index < -0.39 is 6.10 Å². The molecule has 76 valence electrons. The Balaban J connectivity index is 2.01. The Morgan fingerprint density at radius 2 is 2.57 bits per heavy atom. The molecule has 14 heavy (non-hydrogen) atoms. The van der Waals surface area contributed by atoms with Crippen LogP contribution in [-0.2, 0) is 11.3 Å². The number of β-amino-alcohol motifs (C(OH)–C–C–N with tert-alkyl or cyclic N) is 1. The van der Waals surface area contributed by atoms with Gasteiger partial charge in [-0.15, -0.1) is 11.3 Å². The van der Waals surface area contributed by atoms with Gasteiger partial charge in [-0.1, -0.05) is 0 Å². The summed E-state index contributed by atoms with van der Waals surface area (Å²) in [5, 5.41) is 12.2. The number of hydrogen-bond acceptors (Lipinski definition) is 4. The predicted molar refractivity (Wildman–Crippen MR) is 52.9 cm³/mol. The number of carbonyl (C=O) groups is 1. The van der Waals surface area contributed by atoms with Gasteiger partial charge in [-0.05, 0) is 6.92 Å². The van der Waals surface area contributed by atoms with E-state index in [1.165, 1.54) is 0 Å². The van der Waals surface area contributed by atoms with Gasteiger partial charge >= 0.3 is 0 Å². The largest absolute Gasteiger partial charge is 0.391 e. The maximum atomic E-state index is 11.3. The van der Waals surface area contributed by atoms with E-state index in [9.17, 15) is 9.90 Å². The Bertz CT molecular complexity index is 350. The summed E-state index contributed by atoms with van der Waals surface area (Å²) in [7, 11) is 0. The first-order valence-corrected chi connectivity index (χ1v) is 5.40. The number of nitrogens with zero attached hydrogens (tertiary/aromatic N) is 2. The average molecular weight is 212 g/mol. The minimum atomic E-state index is -0.498. The molecule has 0 spiro atoms. The van der Waals surface area contributed by atoms with E-state index in [4.69, 9.17) is 0 Å². The van der Waals surface area contributed by atoms with Gasteiger partial charge in [0.15, 0.2) is 0 Å². The van der Waals surface area contributed by atoms with Crippen LogP contribution in [0, 0.1) is 6.92 Å². The van der Waals surface area contributed by atoms with Crippen molar-refractivity contribution in [1.82, 2.24) is 9.88 Å². The molecule has 1 aromatic rings. The van der Waals surface area contributed by atoms with Crippen molar-refractivity contribution >= 4 is 17.2 Å². The van der Waals surface area contributed by atoms with Crippen LogP contribution in [0.15, 0.2) is 5.38 Å². The third-order valence-corrected chi connectivity index (χ3v) is 3.04. The topological polar surface area (TPSA) is 53.4 Å². The van der Waals surface area contributed by atoms with Crippen LogP contribution in [0.25, 0.3) is 0 Å². The number of rotatable bonds is 2. The van der Waals surface area contributed by atoms with Crippen molar-refractivity contribution in [1.29, 1.82) is 0 Å². The molecular weight excluding hydrogens is 200 g/mol. The summed E-state index contributed by atoms with van der Waals surface area (Å²) in [6, 6.07) is 0. The summed E-state index contributed by atoms with van der Waals surface area (Å²) in [6.07, 6.45) is -0.245. The molecule has 0 saturated carbocycles. The highest BCUT2D eigenvalue weighted by Crippen LogP contribution is 2.16. The van der Waals surface area contributed by atoms with Crippen LogP contribution in [0.3, 0.4) is 0 Å². The fourth-order valence-corrected chi connectivity index (χ4v) is 2.18. The maximum absolute atomic E-state index is 11.3. The van der Waals surface area contributed by atoms with Crippen LogP contribution in [0.2, 0.25) is 0 Å². The monoisotopic (exact) mass is 212 g/mol. The Morgan fingerprint density at radius 1 is 1.79 bits per heavy atom. The van der Waals surface area contributed by atoms with Crippen LogP contribution >= 0.6 is 11.3 Å². The Kier molecular flexibility index (Phi) is 2.52. The molecule has 0 aromatic carbocycles. The Labute approximate surface area is 86.2 Å². The summed E-state index contributed by atoms with van der Waals surface area (Å²) in [6.45, 7) is 2.91. The minimum Gasteiger partial charge on any atom is -0.391 e. The normalized spacial score (nSPS) is 22.0. The van der Waals surface area contributed by atoms with Crippen molar-refractivity contribution in [3.05, 3.63) is 16.1 Å². The van der Waals surface area contributed by atoms with Gasteiger partial charge in [0.05, 0.1) is 29.8 Å². The molecule has 1 aromatic heterocycles. The summed E-state index contributed by atoms with van der Waals surface area (Å²) >= 11 is 1.58. The van der Waals surface area contributed by atoms with E-state index in [0.29, 0.717) is 13.1 Å². The van der Waals surface area contributed by atoms with Gasteiger partial charge < -0.3 is 10.0 Å². The molecule has 1 aliphatic heterocycles. The van der Waals surface area contributed by atoms with Crippen molar-refractivity contribution in [2.75, 3.05) is 6.54 Å². The molecule has 4 nitrogen and oxygen atoms in total. The first-order chi connectivity index (χ1) is 6.65. The summed E-state index contributed by atoms with van der Waals surface area (Å²) < 4.78 is 0. The first-order valence-electron chi connectivity index (χ1n) is 4.52. The van der Waals surface area contributed by atoms with Crippen molar-refractivity contribution in [3.8, 4) is 0 Å². The van der Waals surface area contributed by atoms with Crippen molar-refractivity contribution in [2.24, 2.45) is 0 Å². The van der Waals surface area contributed by atoms with Gasteiger partial charge in [-0.3, -0.25) is 4.79 Å². The lowest BCUT2D eigenvalue weighted by atomic mass is 10.3. The van der Waals surface area contributed by atoms with Crippen molar-refractivity contribution < 1.29 is 9.90 Å². The van der Waals surface area contributed by atoms with E-state index >= 15 is 0 Å². The predicted octanol–water partition coefficient (Wildman–Crippen LogP) is 0.545.